The minimum atomic E-state index is 0.824. The summed E-state index contributed by atoms with van der Waals surface area (Å²) in [5.74, 6) is 1.80. The molecule has 0 aliphatic heterocycles. The predicted octanol–water partition coefficient (Wildman–Crippen LogP) is 5.08. The van der Waals surface area contributed by atoms with Crippen molar-refractivity contribution in [1.82, 2.24) is 4.90 Å². The Balaban J connectivity index is 1.67. The van der Waals surface area contributed by atoms with Crippen molar-refractivity contribution in [2.75, 3.05) is 20.1 Å². The van der Waals surface area contributed by atoms with E-state index in [1.165, 1.54) is 58.0 Å². The van der Waals surface area contributed by atoms with Crippen LogP contribution in [0.25, 0.3) is 0 Å². The van der Waals surface area contributed by atoms with Gasteiger partial charge in [-0.25, -0.2) is 0 Å². The van der Waals surface area contributed by atoms with Gasteiger partial charge in [0.2, 0.25) is 0 Å². The van der Waals surface area contributed by atoms with Crippen LogP contribution in [0.4, 0.5) is 0 Å². The van der Waals surface area contributed by atoms with Gasteiger partial charge >= 0.3 is 0 Å². The molecule has 1 heteroatoms. The second kappa shape index (κ2) is 8.46. The minimum Gasteiger partial charge on any atom is -0.306 e. The summed E-state index contributed by atoms with van der Waals surface area (Å²) in [6.45, 7) is 4.84. The fourth-order valence-corrected chi connectivity index (χ4v) is 3.45. The van der Waals surface area contributed by atoms with Gasteiger partial charge in [0.1, 0.15) is 0 Å². The highest BCUT2D eigenvalue weighted by Crippen LogP contribution is 2.36. The molecule has 0 bridgehead atoms. The molecule has 20 heavy (non-hydrogen) atoms. The first-order valence-corrected chi connectivity index (χ1v) is 8.53. The third kappa shape index (κ3) is 4.94. The highest BCUT2D eigenvalue weighted by molar-refractivity contribution is 5.19. The largest absolute Gasteiger partial charge is 0.306 e. The van der Waals surface area contributed by atoms with Crippen LogP contribution >= 0.6 is 0 Å². The second-order valence-electron chi connectivity index (χ2n) is 6.57. The lowest BCUT2D eigenvalue weighted by molar-refractivity contribution is 0.252. The number of hydrogen-bond acceptors (Lipinski definition) is 1. The highest BCUT2D eigenvalue weighted by Gasteiger charge is 2.22. The van der Waals surface area contributed by atoms with E-state index in [1.807, 2.05) is 0 Å². The van der Waals surface area contributed by atoms with E-state index in [2.05, 4.69) is 49.2 Å². The molecule has 1 aliphatic rings. The van der Waals surface area contributed by atoms with Crippen LogP contribution in [0.1, 0.15) is 63.4 Å². The SMILES string of the molecule is CCCCN(C)CCC1CCC(c2ccccc2)CC1. The quantitative estimate of drug-likeness (QED) is 0.669. The molecule has 1 aromatic rings. The van der Waals surface area contributed by atoms with Crippen LogP contribution in [0.3, 0.4) is 0 Å². The van der Waals surface area contributed by atoms with Crippen LogP contribution in [0.2, 0.25) is 0 Å². The molecule has 112 valence electrons. The zero-order valence-corrected chi connectivity index (χ0v) is 13.4. The lowest BCUT2D eigenvalue weighted by Crippen LogP contribution is -2.24. The number of benzene rings is 1. The summed E-state index contributed by atoms with van der Waals surface area (Å²) in [5, 5.41) is 0. The maximum Gasteiger partial charge on any atom is -0.00191 e. The van der Waals surface area contributed by atoms with E-state index in [0.717, 1.165) is 11.8 Å². The number of hydrogen-bond donors (Lipinski definition) is 0. The first kappa shape index (κ1) is 15.6. The summed E-state index contributed by atoms with van der Waals surface area (Å²) in [6, 6.07) is 11.1. The third-order valence-corrected chi connectivity index (χ3v) is 4.93. The van der Waals surface area contributed by atoms with E-state index >= 15 is 0 Å². The van der Waals surface area contributed by atoms with Gasteiger partial charge in [0, 0.05) is 0 Å². The molecule has 0 amide bonds. The first-order valence-electron chi connectivity index (χ1n) is 8.53. The van der Waals surface area contributed by atoms with Gasteiger partial charge in [-0.3, -0.25) is 0 Å². The zero-order chi connectivity index (χ0) is 14.2. The summed E-state index contributed by atoms with van der Waals surface area (Å²) >= 11 is 0. The van der Waals surface area contributed by atoms with E-state index in [0.29, 0.717) is 0 Å². The molecule has 0 spiro atoms. The summed E-state index contributed by atoms with van der Waals surface area (Å²) in [5.41, 5.74) is 1.56. The molecule has 0 aromatic heterocycles. The normalized spacial score (nSPS) is 23.1. The molecule has 0 N–H and O–H groups in total. The van der Waals surface area contributed by atoms with E-state index in [4.69, 9.17) is 0 Å². The molecule has 1 saturated carbocycles. The average molecular weight is 273 g/mol. The van der Waals surface area contributed by atoms with Gasteiger partial charge in [-0.15, -0.1) is 0 Å². The summed E-state index contributed by atoms with van der Waals surface area (Å²) < 4.78 is 0. The first-order chi connectivity index (χ1) is 9.79. The Morgan fingerprint density at radius 2 is 1.70 bits per heavy atom. The smallest absolute Gasteiger partial charge is 0.00191 e. The van der Waals surface area contributed by atoms with Gasteiger partial charge in [-0.2, -0.15) is 0 Å². The lowest BCUT2D eigenvalue weighted by Gasteiger charge is -2.30. The summed E-state index contributed by atoms with van der Waals surface area (Å²) in [7, 11) is 2.28. The van der Waals surface area contributed by atoms with Crippen molar-refractivity contribution >= 4 is 0 Å². The van der Waals surface area contributed by atoms with Crippen LogP contribution in [0.15, 0.2) is 30.3 Å². The highest BCUT2D eigenvalue weighted by atomic mass is 15.1. The topological polar surface area (TPSA) is 3.24 Å². The van der Waals surface area contributed by atoms with E-state index < -0.39 is 0 Å². The molecule has 1 nitrogen and oxygen atoms in total. The van der Waals surface area contributed by atoms with Gasteiger partial charge in [0.15, 0.2) is 0 Å². The van der Waals surface area contributed by atoms with Gasteiger partial charge < -0.3 is 4.90 Å². The van der Waals surface area contributed by atoms with Crippen LogP contribution < -0.4 is 0 Å². The maximum atomic E-state index is 2.52. The van der Waals surface area contributed by atoms with Crippen molar-refractivity contribution in [2.24, 2.45) is 5.92 Å². The molecule has 1 fully saturated rings. The number of unbranched alkanes of at least 4 members (excludes halogenated alkanes) is 1. The van der Waals surface area contributed by atoms with Crippen molar-refractivity contribution in [2.45, 2.75) is 57.8 Å². The van der Waals surface area contributed by atoms with Crippen LogP contribution in [-0.2, 0) is 0 Å². The molecule has 0 radical (unpaired) electrons. The van der Waals surface area contributed by atoms with Crippen LogP contribution in [0.5, 0.6) is 0 Å². The van der Waals surface area contributed by atoms with Gasteiger partial charge in [0.05, 0.1) is 0 Å². The average Bonchev–Trinajstić information content (AvgIpc) is 2.52. The third-order valence-electron chi connectivity index (χ3n) is 4.93. The molecule has 1 aromatic carbocycles. The predicted molar refractivity (Wildman–Crippen MR) is 88.2 cm³/mol. The van der Waals surface area contributed by atoms with Gasteiger partial charge in [0.25, 0.3) is 0 Å². The Morgan fingerprint density at radius 3 is 2.35 bits per heavy atom. The maximum absolute atomic E-state index is 2.52. The molecular formula is C19H31N. The lowest BCUT2D eigenvalue weighted by atomic mass is 9.77. The molecular weight excluding hydrogens is 242 g/mol. The van der Waals surface area contributed by atoms with Gasteiger partial charge in [-0.05, 0) is 76.1 Å². The summed E-state index contributed by atoms with van der Waals surface area (Å²) in [4.78, 5) is 2.52. The fourth-order valence-electron chi connectivity index (χ4n) is 3.45. The Morgan fingerprint density at radius 1 is 1.00 bits per heavy atom. The van der Waals surface area contributed by atoms with E-state index in [-0.39, 0.29) is 0 Å². The fraction of sp³-hybridized carbons (Fsp3) is 0.684. The van der Waals surface area contributed by atoms with E-state index in [9.17, 15) is 0 Å². The second-order valence-corrected chi connectivity index (χ2v) is 6.57. The van der Waals surface area contributed by atoms with Crippen molar-refractivity contribution in [3.8, 4) is 0 Å². The number of nitrogens with zero attached hydrogens (tertiary/aromatic N) is 1. The standard InChI is InChI=1S/C19H31N/c1-3-4-15-20(2)16-14-17-10-12-19(13-11-17)18-8-6-5-7-9-18/h5-9,17,19H,3-4,10-16H2,1-2H3. The van der Waals surface area contributed by atoms with Crippen molar-refractivity contribution in [3.63, 3.8) is 0 Å². The Kier molecular flexibility index (Phi) is 6.59. The molecule has 1 aliphatic carbocycles. The van der Waals surface area contributed by atoms with Crippen molar-refractivity contribution in [1.29, 1.82) is 0 Å². The summed E-state index contributed by atoms with van der Waals surface area (Å²) in [6.07, 6.45) is 9.72. The number of rotatable bonds is 7. The van der Waals surface area contributed by atoms with E-state index in [1.54, 1.807) is 5.56 Å². The van der Waals surface area contributed by atoms with Crippen LogP contribution in [0, 0.1) is 5.92 Å². The van der Waals surface area contributed by atoms with Crippen molar-refractivity contribution < 1.29 is 0 Å². The Hall–Kier alpha value is -0.820. The zero-order valence-electron chi connectivity index (χ0n) is 13.4. The van der Waals surface area contributed by atoms with Crippen molar-refractivity contribution in [3.05, 3.63) is 35.9 Å². The minimum absolute atomic E-state index is 0.824. The Labute approximate surface area is 125 Å². The van der Waals surface area contributed by atoms with Gasteiger partial charge in [-0.1, -0.05) is 43.7 Å². The molecule has 2 rings (SSSR count). The molecule has 0 unspecified atom stereocenters. The Bertz CT molecular complexity index is 351. The monoisotopic (exact) mass is 273 g/mol. The van der Waals surface area contributed by atoms with Crippen LogP contribution in [-0.4, -0.2) is 25.0 Å². The molecule has 0 heterocycles. The molecule has 0 atom stereocenters. The molecule has 0 saturated heterocycles.